The number of benzene rings is 1. The quantitative estimate of drug-likeness (QED) is 0.565. The van der Waals surface area contributed by atoms with E-state index in [1.807, 2.05) is 24.3 Å². The van der Waals surface area contributed by atoms with Crippen molar-refractivity contribution in [1.82, 2.24) is 14.9 Å². The fourth-order valence-corrected chi connectivity index (χ4v) is 3.74. The normalized spacial score (nSPS) is 11.0. The molecule has 1 amide bonds. The summed E-state index contributed by atoms with van der Waals surface area (Å²) in [7, 11) is 0. The van der Waals surface area contributed by atoms with E-state index in [2.05, 4.69) is 10.3 Å². The molecule has 8 heteroatoms. The highest BCUT2D eigenvalue weighted by atomic mass is 35.5. The second-order valence-corrected chi connectivity index (χ2v) is 7.59. The number of aromatic amines is 1. The van der Waals surface area contributed by atoms with Crippen molar-refractivity contribution in [3.05, 3.63) is 67.1 Å². The van der Waals surface area contributed by atoms with Crippen molar-refractivity contribution in [1.29, 1.82) is 0 Å². The van der Waals surface area contributed by atoms with E-state index in [1.165, 1.54) is 15.9 Å². The van der Waals surface area contributed by atoms with Gasteiger partial charge in [0.1, 0.15) is 4.70 Å². The van der Waals surface area contributed by atoms with Gasteiger partial charge in [-0.25, -0.2) is 4.79 Å². The van der Waals surface area contributed by atoms with Crippen LogP contribution in [0.5, 0.6) is 0 Å². The van der Waals surface area contributed by atoms with Crippen LogP contribution in [0, 0.1) is 0 Å². The highest BCUT2D eigenvalue weighted by Crippen LogP contribution is 2.12. The van der Waals surface area contributed by atoms with E-state index in [4.69, 9.17) is 11.6 Å². The summed E-state index contributed by atoms with van der Waals surface area (Å²) in [4.78, 5) is 38.9. The van der Waals surface area contributed by atoms with Crippen LogP contribution >= 0.6 is 22.9 Å². The third-order valence-corrected chi connectivity index (χ3v) is 5.43. The van der Waals surface area contributed by atoms with E-state index in [1.54, 1.807) is 11.4 Å². The molecule has 0 atom stereocenters. The van der Waals surface area contributed by atoms with E-state index in [0.29, 0.717) is 47.6 Å². The van der Waals surface area contributed by atoms with Gasteiger partial charge in [0.15, 0.2) is 0 Å². The number of amides is 1. The highest BCUT2D eigenvalue weighted by molar-refractivity contribution is 7.17. The smallest absolute Gasteiger partial charge is 0.328 e. The number of hydrogen-bond acceptors (Lipinski definition) is 4. The molecule has 1 aromatic carbocycles. The molecule has 2 N–H and O–H groups in total. The third-order valence-electron chi connectivity index (χ3n) is 4.28. The number of hydrogen-bond donors (Lipinski definition) is 2. The first-order valence-electron chi connectivity index (χ1n) is 8.76. The highest BCUT2D eigenvalue weighted by Gasteiger charge is 2.08. The molecule has 0 aliphatic heterocycles. The Morgan fingerprint density at radius 3 is 2.70 bits per heavy atom. The third kappa shape index (κ3) is 5.08. The monoisotopic (exact) mass is 405 g/mol. The van der Waals surface area contributed by atoms with Crippen LogP contribution in [0.2, 0.25) is 5.02 Å². The number of thiophene rings is 1. The average molecular weight is 406 g/mol. The molecule has 0 saturated carbocycles. The number of nitrogens with one attached hydrogen (secondary N) is 2. The SMILES string of the molecule is O=C(CCCCn1c(=O)[nH]c2ccsc2c1=O)NCCc1ccc(Cl)cc1. The van der Waals surface area contributed by atoms with Crippen molar-refractivity contribution >= 4 is 39.1 Å². The van der Waals surface area contributed by atoms with Crippen LogP contribution in [0.3, 0.4) is 0 Å². The Morgan fingerprint density at radius 2 is 1.93 bits per heavy atom. The molecular formula is C19H20ClN3O3S. The second-order valence-electron chi connectivity index (χ2n) is 6.23. The predicted octanol–water partition coefficient (Wildman–Crippen LogP) is 2.93. The van der Waals surface area contributed by atoms with Crippen LogP contribution in [0.4, 0.5) is 0 Å². The first-order valence-corrected chi connectivity index (χ1v) is 10.0. The molecule has 0 spiro atoms. The van der Waals surface area contributed by atoms with Crippen molar-refractivity contribution in [2.24, 2.45) is 0 Å². The van der Waals surface area contributed by atoms with Crippen molar-refractivity contribution in [2.45, 2.75) is 32.2 Å². The van der Waals surface area contributed by atoms with Gasteiger partial charge in [-0.2, -0.15) is 0 Å². The summed E-state index contributed by atoms with van der Waals surface area (Å²) in [6, 6.07) is 9.26. The number of unbranched alkanes of at least 4 members (excludes halogenated alkanes) is 1. The first-order chi connectivity index (χ1) is 13.0. The minimum absolute atomic E-state index is 0.0288. The maximum absolute atomic E-state index is 12.3. The van der Waals surface area contributed by atoms with Crippen molar-refractivity contribution < 1.29 is 4.79 Å². The first kappa shape index (κ1) is 19.4. The lowest BCUT2D eigenvalue weighted by Gasteiger charge is -2.07. The fraction of sp³-hybridized carbons (Fsp3) is 0.316. The number of carbonyl (C=O) groups excluding carboxylic acids is 1. The summed E-state index contributed by atoms with van der Waals surface area (Å²) in [5, 5.41) is 5.35. The number of halogens is 1. The maximum Gasteiger partial charge on any atom is 0.328 e. The van der Waals surface area contributed by atoms with Crippen LogP contribution < -0.4 is 16.6 Å². The lowest BCUT2D eigenvalue weighted by atomic mass is 10.1. The fourth-order valence-electron chi connectivity index (χ4n) is 2.82. The molecule has 6 nitrogen and oxygen atoms in total. The van der Waals surface area contributed by atoms with Crippen molar-refractivity contribution in [2.75, 3.05) is 6.54 Å². The zero-order valence-corrected chi connectivity index (χ0v) is 16.2. The molecule has 0 bridgehead atoms. The van der Waals surface area contributed by atoms with Crippen LogP contribution in [-0.4, -0.2) is 22.0 Å². The van der Waals surface area contributed by atoms with Crippen LogP contribution in [0.25, 0.3) is 10.2 Å². The Balaban J connectivity index is 1.41. The van der Waals surface area contributed by atoms with Crippen molar-refractivity contribution in [3.8, 4) is 0 Å². The van der Waals surface area contributed by atoms with Gasteiger partial charge in [0, 0.05) is 24.5 Å². The number of carbonyl (C=O) groups is 1. The molecule has 0 fully saturated rings. The summed E-state index contributed by atoms with van der Waals surface area (Å²) in [5.74, 6) is -0.0288. The molecule has 0 aliphatic carbocycles. The molecule has 2 aromatic heterocycles. The van der Waals surface area contributed by atoms with Crippen LogP contribution in [0.1, 0.15) is 24.8 Å². The van der Waals surface area contributed by atoms with E-state index in [-0.39, 0.29) is 11.5 Å². The molecule has 0 aliphatic rings. The van der Waals surface area contributed by atoms with Crippen LogP contribution in [0.15, 0.2) is 45.3 Å². The largest absolute Gasteiger partial charge is 0.356 e. The van der Waals surface area contributed by atoms with E-state index in [0.717, 1.165) is 12.0 Å². The van der Waals surface area contributed by atoms with Crippen LogP contribution in [-0.2, 0) is 17.8 Å². The summed E-state index contributed by atoms with van der Waals surface area (Å²) in [6.07, 6.45) is 2.31. The van der Waals surface area contributed by atoms with Gasteiger partial charge < -0.3 is 10.3 Å². The van der Waals surface area contributed by atoms with Gasteiger partial charge in [-0.1, -0.05) is 23.7 Å². The van der Waals surface area contributed by atoms with Gasteiger partial charge in [0.05, 0.1) is 5.52 Å². The zero-order chi connectivity index (χ0) is 19.2. The number of H-pyrrole nitrogens is 1. The predicted molar refractivity (Wildman–Crippen MR) is 109 cm³/mol. The Bertz CT molecular complexity index is 1040. The van der Waals surface area contributed by atoms with E-state index in [9.17, 15) is 14.4 Å². The zero-order valence-electron chi connectivity index (χ0n) is 14.7. The summed E-state index contributed by atoms with van der Waals surface area (Å²) in [5.41, 5.74) is 1.02. The number of nitrogens with zero attached hydrogens (tertiary/aromatic N) is 1. The van der Waals surface area contributed by atoms with E-state index < -0.39 is 5.69 Å². The molecule has 142 valence electrons. The Morgan fingerprint density at radius 1 is 1.15 bits per heavy atom. The summed E-state index contributed by atoms with van der Waals surface area (Å²) < 4.78 is 1.76. The van der Waals surface area contributed by atoms with Gasteiger partial charge >= 0.3 is 5.69 Å². The number of fused-ring (bicyclic) bond motifs is 1. The minimum atomic E-state index is -0.404. The Kier molecular flexibility index (Phi) is 6.47. The minimum Gasteiger partial charge on any atom is -0.356 e. The topological polar surface area (TPSA) is 84.0 Å². The molecule has 3 aromatic rings. The molecule has 0 saturated heterocycles. The number of rotatable bonds is 8. The molecule has 27 heavy (non-hydrogen) atoms. The van der Waals surface area contributed by atoms with Gasteiger partial charge in [0.2, 0.25) is 5.91 Å². The molecule has 3 rings (SSSR count). The van der Waals surface area contributed by atoms with Crippen molar-refractivity contribution in [3.63, 3.8) is 0 Å². The molecule has 2 heterocycles. The Labute approximate surface area is 164 Å². The van der Waals surface area contributed by atoms with Gasteiger partial charge in [0.25, 0.3) is 5.56 Å². The van der Waals surface area contributed by atoms with Gasteiger partial charge in [-0.15, -0.1) is 11.3 Å². The average Bonchev–Trinajstić information content (AvgIpc) is 3.11. The lowest BCUT2D eigenvalue weighted by molar-refractivity contribution is -0.121. The maximum atomic E-state index is 12.3. The van der Waals surface area contributed by atoms with E-state index >= 15 is 0 Å². The lowest BCUT2D eigenvalue weighted by Crippen LogP contribution is -2.34. The second kappa shape index (κ2) is 9.01. The molecule has 0 unspecified atom stereocenters. The van der Waals surface area contributed by atoms with Gasteiger partial charge in [-0.05, 0) is 48.4 Å². The van der Waals surface area contributed by atoms with Gasteiger partial charge in [-0.3, -0.25) is 14.2 Å². The Hall–Kier alpha value is -2.38. The standard InChI is InChI=1S/C19H20ClN3O3S/c20-14-6-4-13(5-7-14)8-10-21-16(24)3-1-2-11-23-18(25)17-15(9-12-27-17)22-19(23)26/h4-7,9,12H,1-3,8,10-11H2,(H,21,24)(H,22,26). The number of aromatic nitrogens is 2. The molecular weight excluding hydrogens is 386 g/mol. The molecule has 0 radical (unpaired) electrons. The summed E-state index contributed by atoms with van der Waals surface area (Å²) in [6.45, 7) is 0.870. The summed E-state index contributed by atoms with van der Waals surface area (Å²) >= 11 is 7.16.